The second-order valence-electron chi connectivity index (χ2n) is 6.80. The Balaban J connectivity index is 0. The van der Waals surface area contributed by atoms with Crippen LogP contribution in [0.15, 0.2) is 5.38 Å². The molecule has 0 aliphatic heterocycles. The number of nitrogens with zero attached hydrogens (tertiary/aromatic N) is 1. The van der Waals surface area contributed by atoms with Crippen molar-refractivity contribution in [3.05, 3.63) is 25.9 Å². The summed E-state index contributed by atoms with van der Waals surface area (Å²) < 4.78 is 32.8. The van der Waals surface area contributed by atoms with E-state index in [0.717, 1.165) is 0 Å². The topological polar surface area (TPSA) is 141 Å². The second kappa shape index (κ2) is 9.42. The third kappa shape index (κ3) is 19.1. The molecule has 0 aliphatic carbocycles. The Morgan fingerprint density at radius 1 is 1.26 bits per heavy atom. The maximum atomic E-state index is 8.63. The molecule has 1 aromatic heterocycles. The average Bonchev–Trinajstić information content (AvgIpc) is 2.57. The fraction of sp³-hybridized carbons (Fsp3) is 0.750. The first-order valence-electron chi connectivity index (χ1n) is 6.35. The molecule has 0 atom stereocenters. The van der Waals surface area contributed by atoms with Crippen molar-refractivity contribution in [3.63, 3.8) is 0 Å². The standard InChI is InChI=1S/C12H21S2.HNO3.H2O4S/c1-11(2,3)7-9-8-13-14-10(9)12(4,5)6;2-1(3)4;1-5(2,3)4/h8H,7H2,1-6H3;(H,2,3,4);(H2,1,2,3,4)/q+1;;/p-1. The van der Waals surface area contributed by atoms with Crippen molar-refractivity contribution in [2.45, 2.75) is 53.4 Å². The summed E-state index contributed by atoms with van der Waals surface area (Å²) in [5.41, 5.74) is 2.26. The molecule has 0 radical (unpaired) electrons. The second-order valence-corrected chi connectivity index (χ2v) is 9.74. The Morgan fingerprint density at radius 3 is 1.87 bits per heavy atom. The molecular weight excluding hydrogens is 366 g/mol. The van der Waals surface area contributed by atoms with Crippen molar-refractivity contribution < 1.29 is 27.8 Å². The van der Waals surface area contributed by atoms with Gasteiger partial charge in [0.25, 0.3) is 15.4 Å². The molecule has 1 heterocycles. The molecule has 0 fully saturated rings. The molecular formula is C12H23NO7S3. The van der Waals surface area contributed by atoms with Gasteiger partial charge in [0.2, 0.25) is 15.3 Å². The van der Waals surface area contributed by atoms with E-state index in [-0.39, 0.29) is 0 Å². The Kier molecular flexibility index (Phi) is 9.99. The summed E-state index contributed by atoms with van der Waals surface area (Å²) >= 11 is 0. The third-order valence-electron chi connectivity index (χ3n) is 2.02. The molecule has 0 unspecified atom stereocenters. The summed E-state index contributed by atoms with van der Waals surface area (Å²) in [4.78, 5) is 9.93. The molecule has 23 heavy (non-hydrogen) atoms. The Morgan fingerprint density at radius 2 is 1.61 bits per heavy atom. The average molecular weight is 390 g/mol. The maximum absolute atomic E-state index is 8.63. The van der Waals surface area contributed by atoms with E-state index in [0.29, 0.717) is 10.8 Å². The van der Waals surface area contributed by atoms with Gasteiger partial charge in [0.1, 0.15) is 0 Å². The van der Waals surface area contributed by atoms with E-state index in [4.69, 9.17) is 32.8 Å². The van der Waals surface area contributed by atoms with Crippen LogP contribution in [0.25, 0.3) is 0 Å². The fourth-order valence-corrected chi connectivity index (χ4v) is 4.41. The lowest BCUT2D eigenvalue weighted by Gasteiger charge is -2.19. The molecule has 0 spiro atoms. The van der Waals surface area contributed by atoms with Crippen molar-refractivity contribution in [1.82, 2.24) is 0 Å². The van der Waals surface area contributed by atoms with Gasteiger partial charge >= 0.3 is 0 Å². The summed E-state index contributed by atoms with van der Waals surface area (Å²) in [5, 5.41) is 16.0. The third-order valence-corrected chi connectivity index (χ3v) is 4.61. The van der Waals surface area contributed by atoms with Crippen molar-refractivity contribution >= 4 is 31.1 Å². The molecule has 0 saturated heterocycles. The van der Waals surface area contributed by atoms with Crippen molar-refractivity contribution in [2.24, 2.45) is 5.41 Å². The molecule has 136 valence electrons. The molecule has 8 nitrogen and oxygen atoms in total. The normalized spacial score (nSPS) is 11.7. The molecule has 2 N–H and O–H groups in total. The molecule has 0 bridgehead atoms. The highest BCUT2D eigenvalue weighted by molar-refractivity contribution is 7.79. The van der Waals surface area contributed by atoms with Gasteiger partial charge in [-0.2, -0.15) is 0 Å². The maximum Gasteiger partial charge on any atom is 0.295 e. The van der Waals surface area contributed by atoms with E-state index in [1.807, 2.05) is 20.7 Å². The van der Waals surface area contributed by atoms with Gasteiger partial charge in [0.15, 0.2) is 10.3 Å². The van der Waals surface area contributed by atoms with Gasteiger partial charge in [-0.15, -0.1) is 10.1 Å². The van der Waals surface area contributed by atoms with Gasteiger partial charge in [0, 0.05) is 11.0 Å². The van der Waals surface area contributed by atoms with E-state index in [1.54, 1.807) is 10.4 Å². The predicted octanol–water partition coefficient (Wildman–Crippen LogP) is 3.63. The molecule has 0 aliphatic rings. The van der Waals surface area contributed by atoms with Crippen molar-refractivity contribution in [2.75, 3.05) is 0 Å². The molecule has 0 saturated carbocycles. The minimum Gasteiger partial charge on any atom is -0.726 e. The van der Waals surface area contributed by atoms with E-state index in [9.17, 15) is 0 Å². The van der Waals surface area contributed by atoms with Crippen LogP contribution in [0.1, 0.15) is 52.0 Å². The van der Waals surface area contributed by atoms with Gasteiger partial charge in [-0.25, -0.2) is 8.42 Å². The van der Waals surface area contributed by atoms with Crippen molar-refractivity contribution in [3.8, 4) is 0 Å². The largest absolute Gasteiger partial charge is 0.726 e. The zero-order valence-corrected chi connectivity index (χ0v) is 16.3. The van der Waals surface area contributed by atoms with Gasteiger partial charge in [-0.1, -0.05) is 41.5 Å². The first kappa shape index (κ1) is 24.4. The van der Waals surface area contributed by atoms with Crippen molar-refractivity contribution in [1.29, 1.82) is 0 Å². The zero-order chi connectivity index (χ0) is 19.1. The summed E-state index contributed by atoms with van der Waals surface area (Å²) in [6.07, 6.45) is 1.19. The molecule has 11 heteroatoms. The van der Waals surface area contributed by atoms with Crippen LogP contribution in [0.3, 0.4) is 0 Å². The minimum absolute atomic E-state index is 0.311. The quantitative estimate of drug-likeness (QED) is 0.186. The van der Waals surface area contributed by atoms with Gasteiger partial charge in [-0.05, 0) is 11.8 Å². The first-order chi connectivity index (χ1) is 9.93. The van der Waals surface area contributed by atoms with Crippen LogP contribution in [-0.4, -0.2) is 27.8 Å². The molecule has 1 rings (SSSR count). The number of rotatable bonds is 1. The lowest BCUT2D eigenvalue weighted by molar-refractivity contribution is -0.742. The Bertz CT molecular complexity index is 571. The van der Waals surface area contributed by atoms with Crippen LogP contribution < -0.4 is 0 Å². The van der Waals surface area contributed by atoms with E-state index in [2.05, 4.69) is 46.9 Å². The van der Waals surface area contributed by atoms with E-state index in [1.165, 1.54) is 6.42 Å². The van der Waals surface area contributed by atoms with E-state index >= 15 is 0 Å². The summed E-state index contributed by atoms with van der Waals surface area (Å²) in [6.45, 7) is 13.8. The Labute approximate surface area is 143 Å². The van der Waals surface area contributed by atoms with Crippen LogP contribution in [0.4, 0.5) is 0 Å². The minimum atomic E-state index is -4.92. The van der Waals surface area contributed by atoms with Crippen LogP contribution in [-0.2, 0) is 22.2 Å². The number of hydrogen-bond acceptors (Lipinski definition) is 6. The van der Waals surface area contributed by atoms with Gasteiger partial charge in [0.05, 0.1) is 5.38 Å². The van der Waals surface area contributed by atoms with Crippen LogP contribution in [0.5, 0.6) is 0 Å². The van der Waals surface area contributed by atoms with E-state index < -0.39 is 15.5 Å². The van der Waals surface area contributed by atoms with Gasteiger partial charge < -0.3 is 9.76 Å². The summed E-state index contributed by atoms with van der Waals surface area (Å²) in [5.74, 6) is 0. The van der Waals surface area contributed by atoms with Crippen LogP contribution in [0, 0.1) is 15.5 Å². The molecule has 1 aromatic rings. The lowest BCUT2D eigenvalue weighted by atomic mass is 9.84. The molecule has 0 aromatic carbocycles. The summed E-state index contributed by atoms with van der Waals surface area (Å²) in [7, 11) is -1.10. The highest BCUT2D eigenvalue weighted by atomic mass is 32.9. The smallest absolute Gasteiger partial charge is 0.295 e. The summed E-state index contributed by atoms with van der Waals surface area (Å²) in [6, 6.07) is 0. The highest BCUT2D eigenvalue weighted by Gasteiger charge is 2.31. The van der Waals surface area contributed by atoms with Gasteiger partial charge in [-0.3, -0.25) is 4.55 Å². The lowest BCUT2D eigenvalue weighted by Crippen LogP contribution is -2.15. The zero-order valence-electron chi connectivity index (χ0n) is 13.9. The SMILES string of the molecule is CC(C)(C)Cc1cs[s+]c1C(C)(C)C.O=S(=O)([O-])O.O=[N+]([O-])O. The molecule has 0 amide bonds. The number of hydrogen-bond donors (Lipinski definition) is 2. The monoisotopic (exact) mass is 389 g/mol. The fourth-order valence-electron chi connectivity index (χ4n) is 1.54. The Hall–Kier alpha value is -0.880. The van der Waals surface area contributed by atoms with Crippen LogP contribution >= 0.6 is 20.7 Å². The van der Waals surface area contributed by atoms with Crippen LogP contribution in [0.2, 0.25) is 0 Å². The first-order valence-corrected chi connectivity index (χ1v) is 9.93. The predicted molar refractivity (Wildman–Crippen MR) is 89.6 cm³/mol. The highest BCUT2D eigenvalue weighted by Crippen LogP contribution is 2.36.